The summed E-state index contributed by atoms with van der Waals surface area (Å²) in [6, 6.07) is 7.92. The molecule has 1 aromatic carbocycles. The van der Waals surface area contributed by atoms with E-state index >= 15 is 0 Å². The smallest absolute Gasteiger partial charge is 0.251 e. The third-order valence-electron chi connectivity index (χ3n) is 4.97. The van der Waals surface area contributed by atoms with E-state index in [1.807, 2.05) is 41.0 Å². The van der Waals surface area contributed by atoms with E-state index in [0.717, 1.165) is 18.6 Å². The van der Waals surface area contributed by atoms with Crippen LogP contribution in [-0.2, 0) is 14.3 Å². The summed E-state index contributed by atoms with van der Waals surface area (Å²) < 4.78 is 11.1. The Bertz CT molecular complexity index is 603. The molecule has 0 spiro atoms. The Morgan fingerprint density at radius 1 is 1.12 bits per heavy atom. The van der Waals surface area contributed by atoms with Crippen molar-refractivity contribution < 1.29 is 19.1 Å². The lowest BCUT2D eigenvalue weighted by atomic mass is 10.2. The second-order valence-electron chi connectivity index (χ2n) is 6.97. The van der Waals surface area contributed by atoms with Crippen LogP contribution in [0.1, 0.15) is 31.2 Å². The Morgan fingerprint density at radius 3 is 2.46 bits per heavy atom. The van der Waals surface area contributed by atoms with Gasteiger partial charge in [-0.05, 0) is 38.3 Å². The molecule has 26 heavy (non-hydrogen) atoms. The van der Waals surface area contributed by atoms with Gasteiger partial charge in [0.1, 0.15) is 11.9 Å². The first-order valence-electron chi connectivity index (χ1n) is 9.51. The van der Waals surface area contributed by atoms with Gasteiger partial charge in [0.25, 0.3) is 5.91 Å². The van der Waals surface area contributed by atoms with Crippen molar-refractivity contribution in [1.82, 2.24) is 9.80 Å². The van der Waals surface area contributed by atoms with Gasteiger partial charge in [-0.2, -0.15) is 0 Å². The third-order valence-corrected chi connectivity index (χ3v) is 4.97. The summed E-state index contributed by atoms with van der Waals surface area (Å²) in [5.74, 6) is 1.06. The van der Waals surface area contributed by atoms with Gasteiger partial charge in [0.05, 0.1) is 6.61 Å². The molecule has 2 aliphatic rings. The molecule has 2 saturated heterocycles. The van der Waals surface area contributed by atoms with Gasteiger partial charge in [0.15, 0.2) is 0 Å². The fourth-order valence-electron chi connectivity index (χ4n) is 3.36. The van der Waals surface area contributed by atoms with Crippen LogP contribution in [0.15, 0.2) is 24.3 Å². The van der Waals surface area contributed by atoms with Gasteiger partial charge in [0, 0.05) is 39.2 Å². The molecular weight excluding hydrogens is 332 g/mol. The van der Waals surface area contributed by atoms with Gasteiger partial charge >= 0.3 is 0 Å². The lowest BCUT2D eigenvalue weighted by Crippen LogP contribution is -2.52. The minimum absolute atomic E-state index is 0.0843. The Hall–Kier alpha value is -2.08. The number of amides is 2. The van der Waals surface area contributed by atoms with Crippen molar-refractivity contribution in [3.63, 3.8) is 0 Å². The SMILES string of the molecule is Cc1ccc(OCCCC(=O)N2CCN(C(=O)C3CCCO3)CC2)cc1. The standard InChI is InChI=1S/C20H28N2O4/c1-16-6-8-17(9-7-16)25-14-3-5-19(23)21-10-12-22(13-11-21)20(24)18-4-2-15-26-18/h6-9,18H,2-5,10-15H2,1H3. The van der Waals surface area contributed by atoms with E-state index in [1.165, 1.54) is 5.56 Å². The maximum Gasteiger partial charge on any atom is 0.251 e. The minimum Gasteiger partial charge on any atom is -0.494 e. The maximum atomic E-state index is 12.3. The lowest BCUT2D eigenvalue weighted by Gasteiger charge is -2.35. The summed E-state index contributed by atoms with van der Waals surface area (Å²) in [4.78, 5) is 28.3. The van der Waals surface area contributed by atoms with Crippen molar-refractivity contribution >= 4 is 11.8 Å². The van der Waals surface area contributed by atoms with E-state index in [-0.39, 0.29) is 17.9 Å². The fraction of sp³-hybridized carbons (Fsp3) is 0.600. The summed E-state index contributed by atoms with van der Waals surface area (Å²) in [5, 5.41) is 0. The van der Waals surface area contributed by atoms with Gasteiger partial charge in [-0.25, -0.2) is 0 Å². The summed E-state index contributed by atoms with van der Waals surface area (Å²) in [5.41, 5.74) is 1.20. The van der Waals surface area contributed by atoms with Crippen LogP contribution in [0.2, 0.25) is 0 Å². The molecule has 2 heterocycles. The first-order valence-corrected chi connectivity index (χ1v) is 9.51. The number of aryl methyl sites for hydroxylation is 1. The Kier molecular flexibility index (Phi) is 6.50. The summed E-state index contributed by atoms with van der Waals surface area (Å²) in [6.45, 7) is 5.67. The lowest BCUT2D eigenvalue weighted by molar-refractivity contribution is -0.146. The van der Waals surface area contributed by atoms with E-state index in [1.54, 1.807) is 0 Å². The second kappa shape index (κ2) is 9.03. The van der Waals surface area contributed by atoms with Crippen LogP contribution in [0.5, 0.6) is 5.75 Å². The number of carbonyl (C=O) groups excluding carboxylic acids is 2. The Morgan fingerprint density at radius 2 is 1.81 bits per heavy atom. The number of carbonyl (C=O) groups is 2. The molecule has 1 atom stereocenters. The molecule has 0 radical (unpaired) electrons. The van der Waals surface area contributed by atoms with Gasteiger partial charge in [0.2, 0.25) is 5.91 Å². The van der Waals surface area contributed by atoms with Gasteiger partial charge in [-0.3, -0.25) is 9.59 Å². The van der Waals surface area contributed by atoms with Crippen molar-refractivity contribution in [3.8, 4) is 5.75 Å². The highest BCUT2D eigenvalue weighted by Crippen LogP contribution is 2.16. The zero-order valence-electron chi connectivity index (χ0n) is 15.5. The summed E-state index contributed by atoms with van der Waals surface area (Å²) in [7, 11) is 0. The molecule has 142 valence electrons. The molecule has 1 unspecified atom stereocenters. The highest BCUT2D eigenvalue weighted by atomic mass is 16.5. The number of ether oxygens (including phenoxy) is 2. The summed E-state index contributed by atoms with van der Waals surface area (Å²) >= 11 is 0. The molecule has 3 rings (SSSR count). The Labute approximate surface area is 155 Å². The van der Waals surface area contributed by atoms with Crippen LogP contribution in [0.3, 0.4) is 0 Å². The van der Waals surface area contributed by atoms with Crippen LogP contribution in [-0.4, -0.2) is 67.1 Å². The quantitative estimate of drug-likeness (QED) is 0.728. The van der Waals surface area contributed by atoms with Crippen molar-refractivity contribution in [2.45, 2.75) is 38.7 Å². The van der Waals surface area contributed by atoms with Crippen LogP contribution in [0, 0.1) is 6.92 Å². The second-order valence-corrected chi connectivity index (χ2v) is 6.97. The zero-order valence-corrected chi connectivity index (χ0v) is 15.5. The van der Waals surface area contributed by atoms with Crippen molar-refractivity contribution in [1.29, 1.82) is 0 Å². The monoisotopic (exact) mass is 360 g/mol. The molecule has 0 aromatic heterocycles. The first-order chi connectivity index (χ1) is 12.6. The van der Waals surface area contributed by atoms with E-state index in [4.69, 9.17) is 9.47 Å². The molecular formula is C20H28N2O4. The fourth-order valence-corrected chi connectivity index (χ4v) is 3.36. The third kappa shape index (κ3) is 4.97. The van der Waals surface area contributed by atoms with Crippen LogP contribution in [0.4, 0.5) is 0 Å². The highest BCUT2D eigenvalue weighted by Gasteiger charge is 2.31. The number of nitrogens with zero attached hydrogens (tertiary/aromatic N) is 2. The molecule has 0 saturated carbocycles. The zero-order chi connectivity index (χ0) is 18.4. The number of rotatable bonds is 6. The number of hydrogen-bond donors (Lipinski definition) is 0. The highest BCUT2D eigenvalue weighted by molar-refractivity contribution is 5.82. The topological polar surface area (TPSA) is 59.1 Å². The average Bonchev–Trinajstić information content (AvgIpc) is 3.21. The molecule has 0 bridgehead atoms. The van der Waals surface area contributed by atoms with E-state index in [9.17, 15) is 9.59 Å². The van der Waals surface area contributed by atoms with Crippen molar-refractivity contribution in [2.24, 2.45) is 0 Å². The average molecular weight is 360 g/mol. The van der Waals surface area contributed by atoms with Crippen molar-refractivity contribution in [3.05, 3.63) is 29.8 Å². The van der Waals surface area contributed by atoms with Gasteiger partial charge in [-0.1, -0.05) is 17.7 Å². The molecule has 2 amide bonds. The predicted molar refractivity (Wildman–Crippen MR) is 98.0 cm³/mol. The van der Waals surface area contributed by atoms with Crippen LogP contribution in [0.25, 0.3) is 0 Å². The summed E-state index contributed by atoms with van der Waals surface area (Å²) in [6.07, 6.45) is 2.68. The number of hydrogen-bond acceptors (Lipinski definition) is 4. The van der Waals surface area contributed by atoms with Gasteiger partial charge < -0.3 is 19.3 Å². The van der Waals surface area contributed by atoms with Crippen LogP contribution >= 0.6 is 0 Å². The molecule has 1 aromatic rings. The minimum atomic E-state index is -0.267. The largest absolute Gasteiger partial charge is 0.494 e. The van der Waals surface area contributed by atoms with E-state index in [0.29, 0.717) is 52.2 Å². The number of piperazine rings is 1. The molecule has 0 N–H and O–H groups in total. The molecule has 2 aliphatic heterocycles. The molecule has 6 nitrogen and oxygen atoms in total. The maximum absolute atomic E-state index is 12.3. The first kappa shape index (κ1) is 18.7. The predicted octanol–water partition coefficient (Wildman–Crippen LogP) is 2.00. The normalized spacial score (nSPS) is 20.3. The van der Waals surface area contributed by atoms with Gasteiger partial charge in [-0.15, -0.1) is 0 Å². The van der Waals surface area contributed by atoms with Crippen molar-refractivity contribution in [2.75, 3.05) is 39.4 Å². The number of benzene rings is 1. The molecule has 2 fully saturated rings. The van der Waals surface area contributed by atoms with Crippen LogP contribution < -0.4 is 4.74 Å². The molecule has 0 aliphatic carbocycles. The van der Waals surface area contributed by atoms with E-state index < -0.39 is 0 Å². The molecule has 6 heteroatoms. The van der Waals surface area contributed by atoms with E-state index in [2.05, 4.69) is 0 Å². The Balaban J connectivity index is 1.33.